The molecule has 0 fully saturated rings. The Morgan fingerprint density at radius 2 is 1.94 bits per heavy atom. The molecule has 0 saturated heterocycles. The van der Waals surface area contributed by atoms with Gasteiger partial charge in [-0.25, -0.2) is 0 Å². The summed E-state index contributed by atoms with van der Waals surface area (Å²) in [5.41, 5.74) is 0.908. The topological polar surface area (TPSA) is 29.5 Å². The predicted octanol–water partition coefficient (Wildman–Crippen LogP) is 3.19. The Labute approximate surface area is 105 Å². The molecule has 16 heavy (non-hydrogen) atoms. The molecule has 0 spiro atoms. The minimum Gasteiger partial charge on any atom is -0.393 e. The fourth-order valence-corrected chi connectivity index (χ4v) is 1.49. The average Bonchev–Trinajstić information content (AvgIpc) is 2.31. The average molecular weight is 261 g/mol. The van der Waals surface area contributed by atoms with Gasteiger partial charge in [0.1, 0.15) is 6.10 Å². The fourth-order valence-electron chi connectivity index (χ4n) is 1.23. The van der Waals surface area contributed by atoms with Crippen LogP contribution in [0.4, 0.5) is 0 Å². The maximum absolute atomic E-state index is 9.20. The van der Waals surface area contributed by atoms with E-state index in [-0.39, 0.29) is 12.7 Å². The first kappa shape index (κ1) is 13.5. The third-order valence-corrected chi connectivity index (χ3v) is 2.49. The summed E-state index contributed by atoms with van der Waals surface area (Å²) in [6.45, 7) is 0.372. The van der Waals surface area contributed by atoms with Crippen molar-refractivity contribution in [2.45, 2.75) is 6.10 Å². The number of halogens is 2. The van der Waals surface area contributed by atoms with Crippen molar-refractivity contribution in [2.24, 2.45) is 0 Å². The van der Waals surface area contributed by atoms with E-state index < -0.39 is 0 Å². The van der Waals surface area contributed by atoms with Crippen LogP contribution < -0.4 is 0 Å². The summed E-state index contributed by atoms with van der Waals surface area (Å²) in [7, 11) is 0. The second-order valence-corrected chi connectivity index (χ2v) is 3.93. The van der Waals surface area contributed by atoms with Crippen LogP contribution in [0.15, 0.2) is 36.4 Å². The lowest BCUT2D eigenvalue weighted by Crippen LogP contribution is -2.08. The molecule has 1 N–H and O–H groups in total. The molecule has 4 heteroatoms. The van der Waals surface area contributed by atoms with Gasteiger partial charge in [0.2, 0.25) is 0 Å². The van der Waals surface area contributed by atoms with Crippen LogP contribution >= 0.6 is 23.2 Å². The van der Waals surface area contributed by atoms with E-state index in [0.29, 0.717) is 17.5 Å². The van der Waals surface area contributed by atoms with Gasteiger partial charge in [0, 0.05) is 10.9 Å². The summed E-state index contributed by atoms with van der Waals surface area (Å²) in [5.74, 6) is 0.466. The predicted molar refractivity (Wildman–Crippen MR) is 67.1 cm³/mol. The first-order valence-electron chi connectivity index (χ1n) is 4.96. The van der Waals surface area contributed by atoms with Gasteiger partial charge in [0.25, 0.3) is 0 Å². The SMILES string of the molecule is OCC(OCC=CCCl)c1ccc(Cl)cc1. The van der Waals surface area contributed by atoms with Crippen LogP contribution in [0.25, 0.3) is 0 Å². The highest BCUT2D eigenvalue weighted by Crippen LogP contribution is 2.19. The van der Waals surface area contributed by atoms with Crippen LogP contribution in [-0.4, -0.2) is 24.2 Å². The van der Waals surface area contributed by atoms with E-state index >= 15 is 0 Å². The zero-order valence-electron chi connectivity index (χ0n) is 8.77. The summed E-state index contributed by atoms with van der Waals surface area (Å²) < 4.78 is 5.48. The Kier molecular flexibility index (Phi) is 6.50. The largest absolute Gasteiger partial charge is 0.393 e. The van der Waals surface area contributed by atoms with Crippen molar-refractivity contribution in [1.82, 2.24) is 0 Å². The van der Waals surface area contributed by atoms with Crippen LogP contribution in [0, 0.1) is 0 Å². The zero-order chi connectivity index (χ0) is 11.8. The van der Waals surface area contributed by atoms with Crippen molar-refractivity contribution in [1.29, 1.82) is 0 Å². The molecule has 0 bridgehead atoms. The number of aliphatic hydroxyl groups is 1. The summed E-state index contributed by atoms with van der Waals surface area (Å²) in [5, 5.41) is 9.87. The number of ether oxygens (including phenoxy) is 1. The summed E-state index contributed by atoms with van der Waals surface area (Å²) in [6, 6.07) is 7.23. The highest BCUT2D eigenvalue weighted by molar-refractivity contribution is 6.30. The van der Waals surface area contributed by atoms with E-state index in [9.17, 15) is 5.11 Å². The van der Waals surface area contributed by atoms with Gasteiger partial charge in [-0.1, -0.05) is 35.9 Å². The molecule has 0 saturated carbocycles. The van der Waals surface area contributed by atoms with Crippen LogP contribution in [-0.2, 0) is 4.74 Å². The van der Waals surface area contributed by atoms with Gasteiger partial charge >= 0.3 is 0 Å². The number of benzene rings is 1. The fraction of sp³-hybridized carbons (Fsp3) is 0.333. The van der Waals surface area contributed by atoms with Gasteiger partial charge in [-0.15, -0.1) is 11.6 Å². The lowest BCUT2D eigenvalue weighted by atomic mass is 10.1. The Morgan fingerprint density at radius 3 is 2.50 bits per heavy atom. The molecular weight excluding hydrogens is 247 g/mol. The molecule has 0 radical (unpaired) electrons. The molecule has 0 amide bonds. The van der Waals surface area contributed by atoms with Gasteiger partial charge in [0.05, 0.1) is 13.2 Å². The van der Waals surface area contributed by atoms with E-state index in [2.05, 4.69) is 0 Å². The molecule has 1 rings (SSSR count). The first-order chi connectivity index (χ1) is 7.77. The number of aliphatic hydroxyl groups excluding tert-OH is 1. The third-order valence-electron chi connectivity index (χ3n) is 2.06. The van der Waals surface area contributed by atoms with Crippen molar-refractivity contribution in [2.75, 3.05) is 19.1 Å². The second kappa shape index (κ2) is 7.69. The molecule has 0 aromatic heterocycles. The zero-order valence-corrected chi connectivity index (χ0v) is 10.3. The van der Waals surface area contributed by atoms with Gasteiger partial charge in [-0.2, -0.15) is 0 Å². The molecule has 0 aliphatic heterocycles. The molecule has 0 aliphatic carbocycles. The Hall–Kier alpha value is -0.540. The van der Waals surface area contributed by atoms with Gasteiger partial charge < -0.3 is 9.84 Å². The van der Waals surface area contributed by atoms with Crippen molar-refractivity contribution >= 4 is 23.2 Å². The molecule has 1 unspecified atom stereocenters. The molecule has 1 aromatic rings. The normalized spacial score (nSPS) is 13.2. The summed E-state index contributed by atoms with van der Waals surface area (Å²) >= 11 is 11.3. The Balaban J connectivity index is 2.53. The second-order valence-electron chi connectivity index (χ2n) is 3.18. The maximum atomic E-state index is 9.20. The van der Waals surface area contributed by atoms with Crippen LogP contribution in [0.3, 0.4) is 0 Å². The number of rotatable bonds is 6. The van der Waals surface area contributed by atoms with Crippen LogP contribution in [0.1, 0.15) is 11.7 Å². The summed E-state index contributed by atoms with van der Waals surface area (Å²) in [6.07, 6.45) is 3.31. The molecular formula is C12H14Cl2O2. The van der Waals surface area contributed by atoms with Gasteiger partial charge in [-0.05, 0) is 17.7 Å². The lowest BCUT2D eigenvalue weighted by molar-refractivity contribution is 0.0274. The quantitative estimate of drug-likeness (QED) is 0.629. The van der Waals surface area contributed by atoms with Crippen molar-refractivity contribution in [3.05, 3.63) is 47.0 Å². The monoisotopic (exact) mass is 260 g/mol. The third kappa shape index (κ3) is 4.54. The minimum atomic E-state index is -0.322. The Morgan fingerprint density at radius 1 is 1.25 bits per heavy atom. The highest BCUT2D eigenvalue weighted by atomic mass is 35.5. The van der Waals surface area contributed by atoms with Crippen molar-refractivity contribution in [3.8, 4) is 0 Å². The van der Waals surface area contributed by atoms with Gasteiger partial charge in [-0.3, -0.25) is 0 Å². The van der Waals surface area contributed by atoms with E-state index in [1.807, 2.05) is 18.2 Å². The molecule has 1 aromatic carbocycles. The van der Waals surface area contributed by atoms with E-state index in [4.69, 9.17) is 27.9 Å². The first-order valence-corrected chi connectivity index (χ1v) is 5.88. The standard InChI is InChI=1S/C12H14Cl2O2/c13-7-1-2-8-16-12(9-15)10-3-5-11(14)6-4-10/h1-6,12,15H,7-9H2. The molecule has 2 nitrogen and oxygen atoms in total. The van der Waals surface area contributed by atoms with E-state index in [1.165, 1.54) is 0 Å². The van der Waals surface area contributed by atoms with Crippen molar-refractivity contribution < 1.29 is 9.84 Å². The number of hydrogen-bond donors (Lipinski definition) is 1. The van der Waals surface area contributed by atoms with E-state index in [0.717, 1.165) is 5.56 Å². The molecule has 88 valence electrons. The summed E-state index contributed by atoms with van der Waals surface area (Å²) in [4.78, 5) is 0. The smallest absolute Gasteiger partial charge is 0.106 e. The van der Waals surface area contributed by atoms with Crippen molar-refractivity contribution in [3.63, 3.8) is 0 Å². The number of hydrogen-bond acceptors (Lipinski definition) is 2. The highest BCUT2D eigenvalue weighted by Gasteiger charge is 2.09. The maximum Gasteiger partial charge on any atom is 0.106 e. The van der Waals surface area contributed by atoms with Gasteiger partial charge in [0.15, 0.2) is 0 Å². The molecule has 1 atom stereocenters. The minimum absolute atomic E-state index is 0.0592. The van der Waals surface area contributed by atoms with E-state index in [1.54, 1.807) is 18.2 Å². The Bertz CT molecular complexity index is 322. The van der Waals surface area contributed by atoms with Crippen LogP contribution in [0.2, 0.25) is 5.02 Å². The van der Waals surface area contributed by atoms with Crippen LogP contribution in [0.5, 0.6) is 0 Å². The molecule has 0 heterocycles. The molecule has 0 aliphatic rings. The lowest BCUT2D eigenvalue weighted by Gasteiger charge is -2.14. The number of allylic oxidation sites excluding steroid dienone is 1. The number of alkyl halides is 1.